The molecule has 0 aromatic rings. The first-order valence-corrected chi connectivity index (χ1v) is 6.81. The Morgan fingerprint density at radius 1 is 1.22 bits per heavy atom. The van der Waals surface area contributed by atoms with Crippen LogP contribution in [-0.4, -0.2) is 35.0 Å². The molecule has 1 aliphatic rings. The number of aliphatic carboxylic acids is 1. The summed E-state index contributed by atoms with van der Waals surface area (Å²) in [5, 5.41) is 9.09. The highest BCUT2D eigenvalue weighted by Crippen LogP contribution is 2.31. The van der Waals surface area contributed by atoms with Crippen molar-refractivity contribution < 1.29 is 14.7 Å². The van der Waals surface area contributed by atoms with E-state index in [4.69, 9.17) is 5.11 Å². The lowest BCUT2D eigenvalue weighted by molar-refractivity contribution is -0.159. The Hall–Kier alpha value is -1.06. The predicted molar refractivity (Wildman–Crippen MR) is 70.2 cm³/mol. The third-order valence-electron chi connectivity index (χ3n) is 4.33. The molecular formula is C14H25NO3. The Labute approximate surface area is 109 Å². The van der Waals surface area contributed by atoms with E-state index >= 15 is 0 Å². The molecule has 4 nitrogen and oxygen atoms in total. The molecule has 18 heavy (non-hydrogen) atoms. The average molecular weight is 255 g/mol. The minimum Gasteiger partial charge on any atom is -0.480 e. The first-order chi connectivity index (χ1) is 8.30. The fraction of sp³-hybridized carbons (Fsp3) is 0.857. The largest absolute Gasteiger partial charge is 0.480 e. The SMILES string of the molecule is CCC1CCC(N(C)C(=O)C(C)(C)C(=O)O)CC1. The molecule has 0 aromatic carbocycles. The van der Waals surface area contributed by atoms with Gasteiger partial charge in [-0.3, -0.25) is 9.59 Å². The molecule has 0 aliphatic heterocycles. The molecule has 1 fully saturated rings. The molecule has 0 unspecified atom stereocenters. The van der Waals surface area contributed by atoms with Gasteiger partial charge in [-0.15, -0.1) is 0 Å². The Kier molecular flexibility index (Phi) is 4.77. The van der Waals surface area contributed by atoms with Crippen LogP contribution in [0.1, 0.15) is 52.9 Å². The van der Waals surface area contributed by atoms with Crippen LogP contribution in [0.3, 0.4) is 0 Å². The summed E-state index contributed by atoms with van der Waals surface area (Å²) in [6, 6.07) is 0.207. The number of amides is 1. The van der Waals surface area contributed by atoms with E-state index < -0.39 is 11.4 Å². The topological polar surface area (TPSA) is 57.6 Å². The fourth-order valence-corrected chi connectivity index (χ4v) is 2.64. The van der Waals surface area contributed by atoms with Crippen molar-refractivity contribution in [1.82, 2.24) is 4.90 Å². The highest BCUT2D eigenvalue weighted by Gasteiger charge is 2.40. The normalized spacial score (nSPS) is 24.7. The van der Waals surface area contributed by atoms with Crippen LogP contribution < -0.4 is 0 Å². The average Bonchev–Trinajstić information content (AvgIpc) is 2.36. The Bertz CT molecular complexity index is 317. The van der Waals surface area contributed by atoms with E-state index in [0.29, 0.717) is 0 Å². The molecule has 0 saturated heterocycles. The first-order valence-electron chi connectivity index (χ1n) is 6.81. The van der Waals surface area contributed by atoms with Gasteiger partial charge < -0.3 is 10.0 Å². The quantitative estimate of drug-likeness (QED) is 0.785. The van der Waals surface area contributed by atoms with Crippen molar-refractivity contribution in [3.05, 3.63) is 0 Å². The maximum absolute atomic E-state index is 12.2. The van der Waals surface area contributed by atoms with Crippen molar-refractivity contribution in [3.8, 4) is 0 Å². The van der Waals surface area contributed by atoms with Gasteiger partial charge in [0, 0.05) is 13.1 Å². The van der Waals surface area contributed by atoms with E-state index in [2.05, 4.69) is 6.92 Å². The molecule has 1 rings (SSSR count). The molecule has 0 heterocycles. The summed E-state index contributed by atoms with van der Waals surface area (Å²) in [6.07, 6.45) is 5.48. The second kappa shape index (κ2) is 5.72. The number of rotatable bonds is 4. The van der Waals surface area contributed by atoms with Crippen molar-refractivity contribution >= 4 is 11.9 Å². The van der Waals surface area contributed by atoms with Crippen LogP contribution in [0.2, 0.25) is 0 Å². The first kappa shape index (κ1) is 15.0. The lowest BCUT2D eigenvalue weighted by atomic mass is 9.83. The van der Waals surface area contributed by atoms with Gasteiger partial charge in [-0.2, -0.15) is 0 Å². The fourth-order valence-electron chi connectivity index (χ4n) is 2.64. The zero-order chi connectivity index (χ0) is 13.9. The second-order valence-electron chi connectivity index (χ2n) is 5.93. The van der Waals surface area contributed by atoms with E-state index in [1.54, 1.807) is 11.9 Å². The monoisotopic (exact) mass is 255 g/mol. The number of carboxylic acid groups (broad SMARTS) is 1. The molecular weight excluding hydrogens is 230 g/mol. The molecule has 0 aromatic heterocycles. The maximum atomic E-state index is 12.2. The van der Waals surface area contributed by atoms with Crippen LogP contribution in [0.15, 0.2) is 0 Å². The molecule has 0 spiro atoms. The second-order valence-corrected chi connectivity index (χ2v) is 5.93. The number of hydrogen-bond acceptors (Lipinski definition) is 2. The Balaban J connectivity index is 2.63. The molecule has 1 N–H and O–H groups in total. The van der Waals surface area contributed by atoms with Gasteiger partial charge in [-0.25, -0.2) is 0 Å². The highest BCUT2D eigenvalue weighted by atomic mass is 16.4. The number of hydrogen-bond donors (Lipinski definition) is 1. The summed E-state index contributed by atoms with van der Waals surface area (Å²) in [5.74, 6) is -0.561. The molecule has 0 radical (unpaired) electrons. The standard InChI is InChI=1S/C14H25NO3/c1-5-10-6-8-11(9-7-10)15(4)12(16)14(2,3)13(17)18/h10-11H,5-9H2,1-4H3,(H,17,18). The summed E-state index contributed by atoms with van der Waals surface area (Å²) < 4.78 is 0. The zero-order valence-corrected chi connectivity index (χ0v) is 11.9. The summed E-state index contributed by atoms with van der Waals surface area (Å²) >= 11 is 0. The summed E-state index contributed by atoms with van der Waals surface area (Å²) in [5.41, 5.74) is -1.32. The van der Waals surface area contributed by atoms with Crippen molar-refractivity contribution in [3.63, 3.8) is 0 Å². The molecule has 1 aliphatic carbocycles. The van der Waals surface area contributed by atoms with E-state index in [1.807, 2.05) is 0 Å². The molecule has 1 saturated carbocycles. The molecule has 0 atom stereocenters. The molecule has 104 valence electrons. The number of carbonyl (C=O) groups excluding carboxylic acids is 1. The number of carboxylic acids is 1. The van der Waals surface area contributed by atoms with Crippen LogP contribution >= 0.6 is 0 Å². The van der Waals surface area contributed by atoms with Crippen LogP contribution in [-0.2, 0) is 9.59 Å². The van der Waals surface area contributed by atoms with Crippen LogP contribution in [0.5, 0.6) is 0 Å². The van der Waals surface area contributed by atoms with Crippen molar-refractivity contribution in [2.75, 3.05) is 7.05 Å². The molecule has 4 heteroatoms. The van der Waals surface area contributed by atoms with Crippen LogP contribution in [0.4, 0.5) is 0 Å². The smallest absolute Gasteiger partial charge is 0.318 e. The Morgan fingerprint density at radius 2 is 1.72 bits per heavy atom. The van der Waals surface area contributed by atoms with Crippen molar-refractivity contribution in [2.24, 2.45) is 11.3 Å². The minimum absolute atomic E-state index is 0.207. The van der Waals surface area contributed by atoms with Gasteiger partial charge in [0.05, 0.1) is 0 Å². The lowest BCUT2D eigenvalue weighted by Gasteiger charge is -2.37. The van der Waals surface area contributed by atoms with Crippen LogP contribution in [0.25, 0.3) is 0 Å². The van der Waals surface area contributed by atoms with Gasteiger partial charge in [0.1, 0.15) is 5.41 Å². The van der Waals surface area contributed by atoms with Crippen LogP contribution in [0, 0.1) is 11.3 Å². The van der Waals surface area contributed by atoms with E-state index in [0.717, 1.165) is 31.6 Å². The third-order valence-corrected chi connectivity index (χ3v) is 4.33. The van der Waals surface area contributed by atoms with Crippen molar-refractivity contribution in [1.29, 1.82) is 0 Å². The summed E-state index contributed by atoms with van der Waals surface area (Å²) in [7, 11) is 1.74. The lowest BCUT2D eigenvalue weighted by Crippen LogP contribution is -2.48. The minimum atomic E-state index is -1.32. The van der Waals surface area contributed by atoms with Gasteiger partial charge in [0.15, 0.2) is 0 Å². The molecule has 1 amide bonds. The summed E-state index contributed by atoms with van der Waals surface area (Å²) in [4.78, 5) is 25.0. The highest BCUT2D eigenvalue weighted by molar-refractivity contribution is 6.00. The van der Waals surface area contributed by atoms with Gasteiger partial charge >= 0.3 is 5.97 Å². The van der Waals surface area contributed by atoms with Gasteiger partial charge in [0.25, 0.3) is 0 Å². The van der Waals surface area contributed by atoms with Gasteiger partial charge in [-0.1, -0.05) is 13.3 Å². The van der Waals surface area contributed by atoms with Gasteiger partial charge in [0.2, 0.25) is 5.91 Å². The van der Waals surface area contributed by atoms with E-state index in [-0.39, 0.29) is 11.9 Å². The summed E-state index contributed by atoms with van der Waals surface area (Å²) in [6.45, 7) is 5.16. The third kappa shape index (κ3) is 3.03. The zero-order valence-electron chi connectivity index (χ0n) is 11.9. The van der Waals surface area contributed by atoms with E-state index in [1.165, 1.54) is 20.3 Å². The number of nitrogens with zero attached hydrogens (tertiary/aromatic N) is 1. The maximum Gasteiger partial charge on any atom is 0.318 e. The Morgan fingerprint density at radius 3 is 2.11 bits per heavy atom. The van der Waals surface area contributed by atoms with Gasteiger partial charge in [-0.05, 0) is 45.4 Å². The number of carbonyl (C=O) groups is 2. The predicted octanol–water partition coefficient (Wildman–Crippen LogP) is 2.52. The van der Waals surface area contributed by atoms with Crippen molar-refractivity contribution in [2.45, 2.75) is 58.9 Å². The van der Waals surface area contributed by atoms with E-state index in [9.17, 15) is 9.59 Å². The molecule has 0 bridgehead atoms.